The van der Waals surface area contributed by atoms with Crippen molar-refractivity contribution < 1.29 is 36.1 Å². The minimum absolute atomic E-state index is 0. The van der Waals surface area contributed by atoms with Gasteiger partial charge in [0.2, 0.25) is 0 Å². The molecule has 0 aliphatic carbocycles. The zero-order valence-corrected chi connectivity index (χ0v) is 11.2. The molecule has 15 heavy (non-hydrogen) atoms. The summed E-state index contributed by atoms with van der Waals surface area (Å²) >= 11 is 0. The molecule has 0 unspecified atom stereocenters. The van der Waals surface area contributed by atoms with E-state index in [1.807, 2.05) is 14.1 Å². The average molecular weight is 282 g/mol. The van der Waals surface area contributed by atoms with Crippen LogP contribution in [0.5, 0.6) is 0 Å². The number of ether oxygens (including phenoxy) is 1. The van der Waals surface area contributed by atoms with Crippen LogP contribution in [0.3, 0.4) is 0 Å². The Morgan fingerprint density at radius 2 is 2.00 bits per heavy atom. The Hall–Kier alpha value is -0.390. The maximum absolute atomic E-state index is 11.0. The van der Waals surface area contributed by atoms with Gasteiger partial charge in [0, 0.05) is 12.0 Å². The molecular formula is C10H20BrNO3. The minimum Gasteiger partial charge on any atom is -1.00 e. The second kappa shape index (κ2) is 7.84. The number of carbonyl (C=O) groups is 1. The molecule has 0 bridgehead atoms. The largest absolute Gasteiger partial charge is 1.00 e. The minimum atomic E-state index is -0.348. The number of rotatable bonds is 6. The first-order valence-electron chi connectivity index (χ1n) is 4.64. The summed E-state index contributed by atoms with van der Waals surface area (Å²) < 4.78 is 5.43. The van der Waals surface area contributed by atoms with Crippen molar-refractivity contribution >= 4 is 5.97 Å². The van der Waals surface area contributed by atoms with Crippen molar-refractivity contribution in [1.29, 1.82) is 0 Å². The van der Waals surface area contributed by atoms with E-state index in [0.717, 1.165) is 13.0 Å². The zero-order valence-electron chi connectivity index (χ0n) is 9.62. The fraction of sp³-hybridized carbons (Fsp3) is 0.700. The van der Waals surface area contributed by atoms with Gasteiger partial charge in [0.15, 0.2) is 6.73 Å². The summed E-state index contributed by atoms with van der Waals surface area (Å²) in [7, 11) is 3.83. The Morgan fingerprint density at radius 1 is 1.47 bits per heavy atom. The molecule has 0 aliphatic rings. The summed E-state index contributed by atoms with van der Waals surface area (Å²) in [5, 5.41) is 8.94. The van der Waals surface area contributed by atoms with Crippen molar-refractivity contribution in [3.8, 4) is 0 Å². The van der Waals surface area contributed by atoms with E-state index in [-0.39, 0.29) is 29.7 Å². The third-order valence-corrected chi connectivity index (χ3v) is 1.87. The highest BCUT2D eigenvalue weighted by molar-refractivity contribution is 5.86. The van der Waals surface area contributed by atoms with Crippen molar-refractivity contribution in [2.24, 2.45) is 0 Å². The topological polar surface area (TPSA) is 46.5 Å². The second-order valence-corrected chi connectivity index (χ2v) is 4.07. The second-order valence-electron chi connectivity index (χ2n) is 4.07. The molecular weight excluding hydrogens is 262 g/mol. The van der Waals surface area contributed by atoms with E-state index in [1.54, 1.807) is 6.92 Å². The van der Waals surface area contributed by atoms with Crippen LogP contribution in [0.2, 0.25) is 0 Å². The standard InChI is InChI=1S/C10H20NO3.BrH/c1-9(2)10(13)14-7-5-6-11(3,4)8-12;/h12H,1,5-8H2,2-4H3;1H/q+1;/p-1. The maximum atomic E-state index is 11.0. The van der Waals surface area contributed by atoms with E-state index in [9.17, 15) is 4.79 Å². The number of nitrogens with zero attached hydrogens (tertiary/aromatic N) is 1. The molecule has 0 aromatic carbocycles. The highest BCUT2D eigenvalue weighted by Crippen LogP contribution is 1.99. The molecule has 0 aromatic heterocycles. The van der Waals surface area contributed by atoms with Crippen LogP contribution in [0.4, 0.5) is 0 Å². The molecule has 0 atom stereocenters. The molecule has 0 saturated carbocycles. The van der Waals surface area contributed by atoms with Crippen LogP contribution >= 0.6 is 0 Å². The molecule has 0 spiro atoms. The van der Waals surface area contributed by atoms with Crippen LogP contribution < -0.4 is 17.0 Å². The molecule has 1 N–H and O–H groups in total. The third kappa shape index (κ3) is 8.59. The highest BCUT2D eigenvalue weighted by Gasteiger charge is 2.12. The lowest BCUT2D eigenvalue weighted by molar-refractivity contribution is -0.909. The molecule has 0 heterocycles. The van der Waals surface area contributed by atoms with Gasteiger partial charge in [0.05, 0.1) is 27.2 Å². The van der Waals surface area contributed by atoms with Crippen molar-refractivity contribution in [3.63, 3.8) is 0 Å². The first kappa shape index (κ1) is 17.0. The smallest absolute Gasteiger partial charge is 0.333 e. The Bertz CT molecular complexity index is 217. The highest BCUT2D eigenvalue weighted by atomic mass is 79.9. The Morgan fingerprint density at radius 3 is 2.40 bits per heavy atom. The van der Waals surface area contributed by atoms with E-state index in [4.69, 9.17) is 9.84 Å². The van der Waals surface area contributed by atoms with E-state index in [0.29, 0.717) is 16.7 Å². The lowest BCUT2D eigenvalue weighted by atomic mass is 10.3. The van der Waals surface area contributed by atoms with Crippen molar-refractivity contribution in [3.05, 3.63) is 12.2 Å². The van der Waals surface area contributed by atoms with Crippen molar-refractivity contribution in [1.82, 2.24) is 0 Å². The van der Waals surface area contributed by atoms with Crippen molar-refractivity contribution in [2.45, 2.75) is 13.3 Å². The number of halogens is 1. The summed E-state index contributed by atoms with van der Waals surface area (Å²) in [4.78, 5) is 11.0. The Labute approximate surface area is 102 Å². The number of hydrogen-bond donors (Lipinski definition) is 1. The zero-order chi connectivity index (χ0) is 11.2. The van der Waals surface area contributed by atoms with Gasteiger partial charge >= 0.3 is 5.97 Å². The quantitative estimate of drug-likeness (QED) is 0.193. The summed E-state index contributed by atoms with van der Waals surface area (Å²) in [6, 6.07) is 0. The lowest BCUT2D eigenvalue weighted by Crippen LogP contribution is -3.00. The number of aliphatic hydroxyl groups excluding tert-OH is 1. The molecule has 0 fully saturated rings. The van der Waals surface area contributed by atoms with Gasteiger partial charge in [-0.2, -0.15) is 0 Å². The van der Waals surface area contributed by atoms with Crippen LogP contribution in [0.1, 0.15) is 13.3 Å². The molecule has 0 radical (unpaired) electrons. The van der Waals surface area contributed by atoms with E-state index in [1.165, 1.54) is 0 Å². The normalized spacial score (nSPS) is 10.4. The Kier molecular flexibility index (Phi) is 8.90. The summed E-state index contributed by atoms with van der Waals surface area (Å²) in [6.45, 7) is 6.35. The van der Waals surface area contributed by atoms with E-state index in [2.05, 4.69) is 6.58 Å². The molecule has 0 aliphatic heterocycles. The monoisotopic (exact) mass is 281 g/mol. The molecule has 4 nitrogen and oxygen atoms in total. The third-order valence-electron chi connectivity index (χ3n) is 1.87. The van der Waals surface area contributed by atoms with Gasteiger partial charge in [-0.3, -0.25) is 0 Å². The van der Waals surface area contributed by atoms with Gasteiger partial charge < -0.3 is 31.3 Å². The number of carbonyl (C=O) groups excluding carboxylic acids is 1. The SMILES string of the molecule is C=C(C)C(=O)OCCC[N+](C)(C)CO.[Br-]. The van der Waals surface area contributed by atoms with E-state index < -0.39 is 0 Å². The van der Waals surface area contributed by atoms with Gasteiger partial charge in [0.25, 0.3) is 0 Å². The molecule has 0 amide bonds. The molecule has 90 valence electrons. The predicted molar refractivity (Wildman–Crippen MR) is 54.5 cm³/mol. The molecule has 0 saturated heterocycles. The summed E-state index contributed by atoms with van der Waals surface area (Å²) in [6.07, 6.45) is 0.743. The fourth-order valence-electron chi connectivity index (χ4n) is 0.851. The molecule has 5 heteroatoms. The number of esters is 1. The van der Waals surface area contributed by atoms with Crippen LogP contribution in [-0.4, -0.2) is 49.5 Å². The van der Waals surface area contributed by atoms with Gasteiger partial charge in [-0.05, 0) is 6.92 Å². The molecule has 0 aromatic rings. The number of aliphatic hydroxyl groups is 1. The summed E-state index contributed by atoms with van der Waals surface area (Å²) in [5.41, 5.74) is 0.418. The number of hydrogen-bond acceptors (Lipinski definition) is 3. The van der Waals surface area contributed by atoms with Gasteiger partial charge in [-0.1, -0.05) is 6.58 Å². The van der Waals surface area contributed by atoms with Gasteiger partial charge in [-0.25, -0.2) is 4.79 Å². The van der Waals surface area contributed by atoms with Gasteiger partial charge in [0.1, 0.15) is 0 Å². The first-order chi connectivity index (χ1) is 6.39. The van der Waals surface area contributed by atoms with Crippen LogP contribution in [-0.2, 0) is 9.53 Å². The van der Waals surface area contributed by atoms with Crippen molar-refractivity contribution in [2.75, 3.05) is 34.0 Å². The van der Waals surface area contributed by atoms with Crippen LogP contribution in [0, 0.1) is 0 Å². The maximum Gasteiger partial charge on any atom is 0.333 e. The average Bonchev–Trinajstić information content (AvgIpc) is 2.12. The van der Waals surface area contributed by atoms with Crippen LogP contribution in [0.15, 0.2) is 12.2 Å². The predicted octanol–water partition coefficient (Wildman–Crippen LogP) is -2.47. The van der Waals surface area contributed by atoms with Crippen LogP contribution in [0.25, 0.3) is 0 Å². The number of quaternary nitrogens is 1. The lowest BCUT2D eigenvalue weighted by Gasteiger charge is -2.26. The summed E-state index contributed by atoms with van der Waals surface area (Å²) in [5.74, 6) is -0.348. The first-order valence-corrected chi connectivity index (χ1v) is 4.64. The molecule has 0 rings (SSSR count). The Balaban J connectivity index is 0. The van der Waals surface area contributed by atoms with Gasteiger partial charge in [-0.15, -0.1) is 0 Å². The fourth-order valence-corrected chi connectivity index (χ4v) is 0.851. The van der Waals surface area contributed by atoms with E-state index >= 15 is 0 Å².